The third-order valence-electron chi connectivity index (χ3n) is 9.21. The Kier molecular flexibility index (Phi) is 9.56. The fourth-order valence-corrected chi connectivity index (χ4v) is 7.11. The number of benzene rings is 2. The zero-order valence-corrected chi connectivity index (χ0v) is 24.7. The van der Waals surface area contributed by atoms with Gasteiger partial charge in [0.15, 0.2) is 0 Å². The molecule has 0 spiro atoms. The number of carboxylic acid groups (broad SMARTS) is 1. The molecule has 6 nitrogen and oxygen atoms in total. The van der Waals surface area contributed by atoms with E-state index in [1.807, 2.05) is 26.0 Å². The van der Waals surface area contributed by atoms with Crippen molar-refractivity contribution in [2.75, 3.05) is 19.6 Å². The second kappa shape index (κ2) is 13.3. The van der Waals surface area contributed by atoms with E-state index in [9.17, 15) is 14.3 Å². The molecule has 1 aliphatic carbocycles. The van der Waals surface area contributed by atoms with Gasteiger partial charge in [0.25, 0.3) is 0 Å². The third kappa shape index (κ3) is 7.25. The Hall–Kier alpha value is -3.03. The van der Waals surface area contributed by atoms with Gasteiger partial charge in [0.1, 0.15) is 11.9 Å². The molecule has 1 aliphatic heterocycles. The number of carbonyl (C=O) groups is 1. The Bertz CT molecular complexity index is 1280. The zero-order valence-electron chi connectivity index (χ0n) is 24.7. The maximum Gasteiger partial charge on any atom is 0.320 e. The number of hydrogen-bond acceptors (Lipinski definition) is 4. The summed E-state index contributed by atoms with van der Waals surface area (Å²) in [7, 11) is 0. The highest BCUT2D eigenvalue weighted by atomic mass is 19.1. The van der Waals surface area contributed by atoms with Crippen LogP contribution >= 0.6 is 0 Å². The summed E-state index contributed by atoms with van der Waals surface area (Å²) < 4.78 is 16.4. The van der Waals surface area contributed by atoms with Crippen LogP contribution in [0.2, 0.25) is 0 Å². The van der Waals surface area contributed by atoms with Gasteiger partial charge in [-0.2, -0.15) is 5.10 Å². The van der Waals surface area contributed by atoms with Crippen molar-refractivity contribution in [2.45, 2.75) is 83.3 Å². The average molecular weight is 561 g/mol. The molecule has 1 saturated heterocycles. The van der Waals surface area contributed by atoms with Crippen LogP contribution in [0.15, 0.2) is 60.7 Å². The first-order chi connectivity index (χ1) is 19.8. The maximum absolute atomic E-state index is 14.2. The number of carboxylic acids is 1. The predicted molar refractivity (Wildman–Crippen MR) is 161 cm³/mol. The molecule has 41 heavy (non-hydrogen) atoms. The summed E-state index contributed by atoms with van der Waals surface area (Å²) in [5, 5.41) is 18.1. The van der Waals surface area contributed by atoms with Gasteiger partial charge in [-0.3, -0.25) is 9.48 Å². The van der Waals surface area contributed by atoms with E-state index >= 15 is 0 Å². The van der Waals surface area contributed by atoms with Crippen LogP contribution < -0.4 is 5.32 Å². The number of piperidine rings is 1. The molecule has 0 radical (unpaired) electrons. The molecular weight excluding hydrogens is 515 g/mol. The minimum Gasteiger partial charge on any atom is -0.480 e. The summed E-state index contributed by atoms with van der Waals surface area (Å²) in [5.41, 5.74) is 4.81. The van der Waals surface area contributed by atoms with E-state index in [1.54, 1.807) is 12.1 Å². The van der Waals surface area contributed by atoms with Crippen molar-refractivity contribution >= 4 is 5.97 Å². The molecular formula is C34H45FN4O2. The van der Waals surface area contributed by atoms with E-state index in [2.05, 4.69) is 52.2 Å². The van der Waals surface area contributed by atoms with Crippen molar-refractivity contribution < 1.29 is 14.3 Å². The fourth-order valence-electron chi connectivity index (χ4n) is 7.11. The first-order valence-electron chi connectivity index (χ1n) is 15.4. The number of halogens is 1. The molecule has 2 aliphatic rings. The molecule has 5 rings (SSSR count). The minimum atomic E-state index is -0.800. The molecule has 4 unspecified atom stereocenters. The van der Waals surface area contributed by atoms with Crippen LogP contribution in [0.1, 0.15) is 80.8 Å². The van der Waals surface area contributed by atoms with E-state index in [-0.39, 0.29) is 23.7 Å². The number of aryl methyl sites for hydroxylation is 1. The molecule has 2 fully saturated rings. The van der Waals surface area contributed by atoms with Gasteiger partial charge in [-0.05, 0) is 92.8 Å². The van der Waals surface area contributed by atoms with Crippen LogP contribution in [0.5, 0.6) is 0 Å². The Morgan fingerprint density at radius 2 is 1.83 bits per heavy atom. The van der Waals surface area contributed by atoms with E-state index in [0.29, 0.717) is 11.8 Å². The fraction of sp³-hybridized carbons (Fsp3) is 0.529. The van der Waals surface area contributed by atoms with E-state index in [4.69, 9.17) is 5.10 Å². The van der Waals surface area contributed by atoms with Crippen LogP contribution in [0.4, 0.5) is 4.39 Å². The van der Waals surface area contributed by atoms with Crippen molar-refractivity contribution in [3.8, 4) is 0 Å². The molecule has 0 amide bonds. The number of aromatic nitrogens is 2. The molecule has 3 aromatic rings. The lowest BCUT2D eigenvalue weighted by Gasteiger charge is -2.35. The minimum absolute atomic E-state index is 0.00274. The largest absolute Gasteiger partial charge is 0.480 e. The Morgan fingerprint density at radius 3 is 2.49 bits per heavy atom. The number of hydrogen-bond donors (Lipinski definition) is 2. The first-order valence-corrected chi connectivity index (χ1v) is 15.4. The number of aliphatic carboxylic acids is 1. The monoisotopic (exact) mass is 560 g/mol. The Morgan fingerprint density at radius 1 is 1.07 bits per heavy atom. The van der Waals surface area contributed by atoms with Crippen molar-refractivity contribution in [2.24, 2.45) is 11.8 Å². The Balaban J connectivity index is 1.24. The first kappa shape index (κ1) is 29.5. The smallest absolute Gasteiger partial charge is 0.320 e. The molecule has 220 valence electrons. The lowest BCUT2D eigenvalue weighted by Crippen LogP contribution is -2.46. The molecule has 2 heterocycles. The molecule has 2 aromatic carbocycles. The van der Waals surface area contributed by atoms with Crippen LogP contribution in [-0.4, -0.2) is 57.5 Å². The van der Waals surface area contributed by atoms with Gasteiger partial charge in [0.2, 0.25) is 0 Å². The zero-order chi connectivity index (χ0) is 28.9. The normalized spacial score (nSPS) is 22.8. The highest BCUT2D eigenvalue weighted by Gasteiger charge is 2.39. The van der Waals surface area contributed by atoms with E-state index < -0.39 is 12.0 Å². The summed E-state index contributed by atoms with van der Waals surface area (Å²) in [6.45, 7) is 9.96. The van der Waals surface area contributed by atoms with Crippen molar-refractivity contribution in [3.63, 3.8) is 0 Å². The summed E-state index contributed by atoms with van der Waals surface area (Å²) in [4.78, 5) is 14.5. The van der Waals surface area contributed by atoms with Crippen molar-refractivity contribution in [3.05, 3.63) is 89.0 Å². The van der Waals surface area contributed by atoms with Gasteiger partial charge in [0.05, 0.1) is 5.69 Å². The average Bonchev–Trinajstić information content (AvgIpc) is 3.56. The maximum atomic E-state index is 14.2. The van der Waals surface area contributed by atoms with E-state index in [0.717, 1.165) is 69.5 Å². The number of nitrogens with one attached hydrogen (secondary N) is 1. The van der Waals surface area contributed by atoms with Crippen LogP contribution in [0.3, 0.4) is 0 Å². The van der Waals surface area contributed by atoms with Crippen LogP contribution in [0, 0.1) is 17.7 Å². The molecule has 1 aromatic heterocycles. The number of likely N-dealkylation sites (tertiary alicyclic amines) is 1. The van der Waals surface area contributed by atoms with Crippen LogP contribution in [0.25, 0.3) is 0 Å². The van der Waals surface area contributed by atoms with Gasteiger partial charge in [-0.25, -0.2) is 4.39 Å². The quantitative estimate of drug-likeness (QED) is 0.298. The molecule has 7 heteroatoms. The third-order valence-corrected chi connectivity index (χ3v) is 9.21. The van der Waals surface area contributed by atoms with Crippen molar-refractivity contribution in [1.82, 2.24) is 20.0 Å². The lowest BCUT2D eigenvalue weighted by molar-refractivity contribution is -0.140. The van der Waals surface area contributed by atoms with Crippen molar-refractivity contribution in [1.29, 1.82) is 0 Å². The highest BCUT2D eigenvalue weighted by Crippen LogP contribution is 2.42. The summed E-state index contributed by atoms with van der Waals surface area (Å²) in [6, 6.07) is 19.4. The molecule has 0 bridgehead atoms. The Labute approximate surface area is 244 Å². The van der Waals surface area contributed by atoms with Gasteiger partial charge in [0, 0.05) is 37.2 Å². The SMILES string of the molecule is CCn1nc(Cc2ccccc2)cc1C1CCN(CC2CC(NC(C(=O)O)C(C)C)CC2c2cccc(F)c2)CC1. The molecule has 1 saturated carbocycles. The summed E-state index contributed by atoms with van der Waals surface area (Å²) >= 11 is 0. The summed E-state index contributed by atoms with van der Waals surface area (Å²) in [5.74, 6) is 0.0653. The standard InChI is InChI=1S/C34H45FN4O2/c1-4-39-32(21-30(37-39)17-24-9-6-5-7-10-24)25-13-15-38(16-14-25)22-27-19-29(36-33(23(2)3)34(40)41)20-31(27)26-11-8-12-28(35)18-26/h5-12,18,21,23,25,27,29,31,33,36H,4,13-17,19-20,22H2,1-3H3,(H,40,41). The molecule has 2 N–H and O–H groups in total. The second-order valence-electron chi connectivity index (χ2n) is 12.4. The van der Waals surface area contributed by atoms with Crippen LogP contribution in [-0.2, 0) is 17.8 Å². The topological polar surface area (TPSA) is 70.4 Å². The second-order valence-corrected chi connectivity index (χ2v) is 12.4. The van der Waals surface area contributed by atoms with Gasteiger partial charge in [-0.15, -0.1) is 0 Å². The highest BCUT2D eigenvalue weighted by molar-refractivity contribution is 5.73. The number of rotatable bonds is 11. The lowest BCUT2D eigenvalue weighted by atomic mass is 9.87. The van der Waals surface area contributed by atoms with Gasteiger partial charge >= 0.3 is 5.97 Å². The van der Waals surface area contributed by atoms with Gasteiger partial charge in [-0.1, -0.05) is 56.3 Å². The summed E-state index contributed by atoms with van der Waals surface area (Å²) in [6.07, 6.45) is 4.80. The predicted octanol–water partition coefficient (Wildman–Crippen LogP) is 6.07. The number of nitrogens with zero attached hydrogens (tertiary/aromatic N) is 3. The van der Waals surface area contributed by atoms with E-state index in [1.165, 1.54) is 17.3 Å². The van der Waals surface area contributed by atoms with Gasteiger partial charge < -0.3 is 15.3 Å². The molecule has 4 atom stereocenters.